The van der Waals surface area contributed by atoms with Crippen LogP contribution in [0.1, 0.15) is 0 Å². The van der Waals surface area contributed by atoms with E-state index in [4.69, 9.17) is 15.0 Å². The summed E-state index contributed by atoms with van der Waals surface area (Å²) in [5, 5.41) is 4.74. The van der Waals surface area contributed by atoms with Gasteiger partial charge in [0.1, 0.15) is 39.2 Å². The molecule has 0 bridgehead atoms. The molecule has 10 aromatic rings. The van der Waals surface area contributed by atoms with Gasteiger partial charge in [-0.05, 0) is 53.6 Å². The van der Waals surface area contributed by atoms with Crippen molar-refractivity contribution in [3.8, 4) is 45.5 Å². The molecule has 5 nitrogen and oxygen atoms in total. The third-order valence-electron chi connectivity index (χ3n) is 11.8. The topological polar surface area (TPSA) is 48.5 Å². The minimum Gasteiger partial charge on any atom is -0.309 e. The van der Waals surface area contributed by atoms with E-state index in [1.807, 2.05) is 6.07 Å². The van der Waals surface area contributed by atoms with Gasteiger partial charge in [0, 0.05) is 38.4 Å². The average molecular weight is 699 g/mol. The Kier molecular flexibility index (Phi) is 7.70. The maximum Gasteiger partial charge on any atom is 0.238 e. The number of para-hydroxylation sites is 3. The first-order valence-electron chi connectivity index (χ1n) is 18.9. The SMILES string of the molecule is Bc1c(B)c(B)c(-c2nc(-c3cccc(-c4ccccc4)c3)nc(-n3c4ccccc4c4cc5c6ccccc6n(-c6ccccc6)c5cc43)n2)c(B)c1B. The van der Waals surface area contributed by atoms with Crippen LogP contribution in [-0.2, 0) is 0 Å². The van der Waals surface area contributed by atoms with E-state index in [0.29, 0.717) is 17.6 Å². The highest BCUT2D eigenvalue weighted by Crippen LogP contribution is 2.39. The van der Waals surface area contributed by atoms with E-state index in [1.54, 1.807) is 0 Å². The Bertz CT molecular complexity index is 3130. The third-order valence-corrected chi connectivity index (χ3v) is 11.8. The molecule has 0 spiro atoms. The summed E-state index contributed by atoms with van der Waals surface area (Å²) in [6, 6.07) is 51.6. The van der Waals surface area contributed by atoms with E-state index < -0.39 is 0 Å². The molecule has 3 heterocycles. The lowest BCUT2D eigenvalue weighted by molar-refractivity contribution is 0.955. The van der Waals surface area contributed by atoms with E-state index in [9.17, 15) is 0 Å². The summed E-state index contributed by atoms with van der Waals surface area (Å²) in [5.74, 6) is 1.90. The van der Waals surface area contributed by atoms with Crippen LogP contribution in [0.4, 0.5) is 0 Å². The van der Waals surface area contributed by atoms with Gasteiger partial charge in [-0.25, -0.2) is 4.98 Å². The van der Waals surface area contributed by atoms with Gasteiger partial charge in [0.2, 0.25) is 5.95 Å². The van der Waals surface area contributed by atoms with Crippen LogP contribution in [0, 0.1) is 0 Å². The molecule has 0 N–H and O–H groups in total. The molecule has 0 saturated carbocycles. The van der Waals surface area contributed by atoms with Gasteiger partial charge in [-0.15, -0.1) is 16.4 Å². The molecule has 0 amide bonds. The van der Waals surface area contributed by atoms with Crippen LogP contribution in [0.25, 0.3) is 89.2 Å². The van der Waals surface area contributed by atoms with Gasteiger partial charge in [0.25, 0.3) is 0 Å². The lowest BCUT2D eigenvalue weighted by atomic mass is 9.60. The van der Waals surface area contributed by atoms with Crippen molar-refractivity contribution in [2.24, 2.45) is 0 Å². The molecule has 7 aromatic carbocycles. The Morgan fingerprint density at radius 3 is 1.53 bits per heavy atom. The number of hydrogen-bond acceptors (Lipinski definition) is 3. The molecule has 254 valence electrons. The van der Waals surface area contributed by atoms with Crippen LogP contribution in [-0.4, -0.2) is 63.3 Å². The van der Waals surface area contributed by atoms with E-state index in [2.05, 4.69) is 188 Å². The van der Waals surface area contributed by atoms with Gasteiger partial charge in [0.05, 0.1) is 22.1 Å². The second kappa shape index (κ2) is 12.8. The third kappa shape index (κ3) is 5.19. The summed E-state index contributed by atoms with van der Waals surface area (Å²) < 4.78 is 4.61. The molecule has 55 heavy (non-hydrogen) atoms. The lowest BCUT2D eigenvalue weighted by Crippen LogP contribution is -2.55. The highest BCUT2D eigenvalue weighted by atomic mass is 15.2. The molecule has 0 radical (unpaired) electrons. The fourth-order valence-corrected chi connectivity index (χ4v) is 8.51. The lowest BCUT2D eigenvalue weighted by Gasteiger charge is -2.20. The summed E-state index contributed by atoms with van der Waals surface area (Å²) >= 11 is 0. The van der Waals surface area contributed by atoms with Crippen LogP contribution in [0.15, 0.2) is 146 Å². The molecule has 0 saturated heterocycles. The summed E-state index contributed by atoms with van der Waals surface area (Å²) in [4.78, 5) is 16.1. The molecule has 10 heteroatoms. The Morgan fingerprint density at radius 1 is 0.345 bits per heavy atom. The minimum absolute atomic E-state index is 0.590. The van der Waals surface area contributed by atoms with Crippen molar-refractivity contribution >= 4 is 110 Å². The predicted molar refractivity (Wildman–Crippen MR) is 246 cm³/mol. The highest BCUT2D eigenvalue weighted by molar-refractivity contribution is 6.68. The maximum absolute atomic E-state index is 5.42. The summed E-state index contributed by atoms with van der Waals surface area (Å²) in [5.41, 5.74) is 16.0. The van der Waals surface area contributed by atoms with Gasteiger partial charge in [-0.3, -0.25) is 4.57 Å². The van der Waals surface area contributed by atoms with Crippen molar-refractivity contribution in [1.82, 2.24) is 24.1 Å². The normalized spacial score (nSPS) is 11.6. The number of aromatic nitrogens is 5. The summed E-state index contributed by atoms with van der Waals surface area (Å²) in [6.07, 6.45) is 0. The maximum atomic E-state index is 5.42. The van der Waals surface area contributed by atoms with Gasteiger partial charge >= 0.3 is 0 Å². The van der Waals surface area contributed by atoms with Crippen LogP contribution >= 0.6 is 0 Å². The zero-order valence-electron chi connectivity index (χ0n) is 31.6. The van der Waals surface area contributed by atoms with E-state index in [-0.39, 0.29) is 0 Å². The average Bonchev–Trinajstić information content (AvgIpc) is 3.74. The molecule has 10 rings (SSSR count). The van der Waals surface area contributed by atoms with E-state index in [0.717, 1.165) is 55.3 Å². The molecular formula is C45H34B5N5. The number of rotatable bonds is 5. The second-order valence-corrected chi connectivity index (χ2v) is 14.7. The van der Waals surface area contributed by atoms with Crippen LogP contribution in [0.3, 0.4) is 0 Å². The van der Waals surface area contributed by atoms with Crippen molar-refractivity contribution in [3.05, 3.63) is 146 Å². The van der Waals surface area contributed by atoms with Crippen molar-refractivity contribution in [2.45, 2.75) is 0 Å². The fourth-order valence-electron chi connectivity index (χ4n) is 8.51. The molecular weight excluding hydrogens is 665 g/mol. The second-order valence-electron chi connectivity index (χ2n) is 14.7. The molecule has 0 fully saturated rings. The van der Waals surface area contributed by atoms with Crippen LogP contribution < -0.4 is 27.3 Å². The number of benzene rings is 7. The van der Waals surface area contributed by atoms with Gasteiger partial charge < -0.3 is 4.57 Å². The molecule has 0 unspecified atom stereocenters. The van der Waals surface area contributed by atoms with E-state index >= 15 is 0 Å². The Balaban J connectivity index is 1.31. The zero-order chi connectivity index (χ0) is 37.4. The van der Waals surface area contributed by atoms with Crippen LogP contribution in [0.5, 0.6) is 0 Å². The van der Waals surface area contributed by atoms with Gasteiger partial charge in [0.15, 0.2) is 11.6 Å². The highest BCUT2D eigenvalue weighted by Gasteiger charge is 2.23. The molecule has 0 aliphatic carbocycles. The first-order valence-corrected chi connectivity index (χ1v) is 18.9. The smallest absolute Gasteiger partial charge is 0.238 e. The standard InChI is InChI=1S/C45H34B5N5/c46-38-37(39(47)41(49)42(50)40(38)48)44-51-43(27-15-11-14-26(22-27)25-12-3-1-4-13-25)52-45(53-44)55-34-21-10-8-19-30(34)32-23-31-29-18-7-9-20-33(29)54(35(31)24-36(32)55)28-16-5-2-6-17-28/h1-24H,46-50H2. The molecule has 0 aliphatic rings. The molecule has 0 atom stereocenters. The Morgan fingerprint density at radius 2 is 0.855 bits per heavy atom. The fraction of sp³-hybridized carbons (Fsp3) is 0. The van der Waals surface area contributed by atoms with Crippen molar-refractivity contribution in [3.63, 3.8) is 0 Å². The van der Waals surface area contributed by atoms with Crippen molar-refractivity contribution in [2.75, 3.05) is 0 Å². The van der Waals surface area contributed by atoms with E-state index in [1.165, 1.54) is 43.6 Å². The first-order chi connectivity index (χ1) is 26.9. The summed E-state index contributed by atoms with van der Waals surface area (Å²) in [7, 11) is 11.0. The van der Waals surface area contributed by atoms with Crippen molar-refractivity contribution in [1.29, 1.82) is 0 Å². The monoisotopic (exact) mass is 699 g/mol. The Labute approximate surface area is 324 Å². The van der Waals surface area contributed by atoms with Crippen LogP contribution in [0.2, 0.25) is 0 Å². The number of hydrogen-bond donors (Lipinski definition) is 0. The minimum atomic E-state index is 0.590. The van der Waals surface area contributed by atoms with Gasteiger partial charge in [-0.2, -0.15) is 9.97 Å². The molecule has 3 aromatic heterocycles. The summed E-state index contributed by atoms with van der Waals surface area (Å²) in [6.45, 7) is 0. The number of nitrogens with zero attached hydrogens (tertiary/aromatic N) is 5. The Hall–Kier alpha value is -6.53. The van der Waals surface area contributed by atoms with Crippen molar-refractivity contribution < 1.29 is 0 Å². The quantitative estimate of drug-likeness (QED) is 0.260. The molecule has 0 aliphatic heterocycles. The zero-order valence-corrected chi connectivity index (χ0v) is 31.6. The number of fused-ring (bicyclic) bond motifs is 6. The van der Waals surface area contributed by atoms with Gasteiger partial charge in [-0.1, -0.05) is 114 Å². The first kappa shape index (κ1) is 33.1. The predicted octanol–water partition coefficient (Wildman–Crippen LogP) is 2.36. The largest absolute Gasteiger partial charge is 0.309 e.